The van der Waals surface area contributed by atoms with Gasteiger partial charge >= 0.3 is 0 Å². The molecule has 0 radical (unpaired) electrons. The summed E-state index contributed by atoms with van der Waals surface area (Å²) in [7, 11) is 0. The second-order valence-corrected chi connectivity index (χ2v) is 6.54. The van der Waals surface area contributed by atoms with Crippen LogP contribution in [0.1, 0.15) is 16.7 Å². The number of anilines is 1. The van der Waals surface area contributed by atoms with E-state index in [1.807, 2.05) is 24.3 Å². The Balaban J connectivity index is 2.01. The van der Waals surface area contributed by atoms with Gasteiger partial charge in [-0.3, -0.25) is 0 Å². The Kier molecular flexibility index (Phi) is 5.62. The van der Waals surface area contributed by atoms with Crippen LogP contribution in [0.5, 0.6) is 0 Å². The van der Waals surface area contributed by atoms with Crippen LogP contribution in [0.2, 0.25) is 5.02 Å². The number of rotatable bonds is 3. The highest BCUT2D eigenvalue weighted by Crippen LogP contribution is 2.25. The molecule has 0 unspecified atom stereocenters. The van der Waals surface area contributed by atoms with Crippen LogP contribution in [0.15, 0.2) is 40.9 Å². The maximum atomic E-state index is 6.13. The fraction of sp³-hybridized carbons (Fsp3) is 0.188. The summed E-state index contributed by atoms with van der Waals surface area (Å²) >= 11 is 15.0. The van der Waals surface area contributed by atoms with Crippen LogP contribution in [0, 0.1) is 13.8 Å². The molecule has 0 aliphatic heterocycles. The summed E-state index contributed by atoms with van der Waals surface area (Å²) in [5, 5.41) is 7.76. The predicted molar refractivity (Wildman–Crippen MR) is 98.1 cm³/mol. The second-order valence-electron chi connectivity index (χ2n) is 4.81. The van der Waals surface area contributed by atoms with Gasteiger partial charge in [-0.05, 0) is 61.0 Å². The highest BCUT2D eigenvalue weighted by atomic mass is 79.9. The van der Waals surface area contributed by atoms with E-state index in [0.29, 0.717) is 11.7 Å². The minimum absolute atomic E-state index is 0.587. The molecule has 0 aromatic heterocycles. The molecule has 2 aromatic carbocycles. The summed E-state index contributed by atoms with van der Waals surface area (Å²) in [4.78, 5) is 0. The first-order valence-corrected chi connectivity index (χ1v) is 8.10. The highest BCUT2D eigenvalue weighted by molar-refractivity contribution is 9.10. The van der Waals surface area contributed by atoms with Crippen molar-refractivity contribution in [3.8, 4) is 0 Å². The third-order valence-corrected chi connectivity index (χ3v) is 4.21. The summed E-state index contributed by atoms with van der Waals surface area (Å²) in [6.45, 7) is 4.70. The number of hydrogen-bond acceptors (Lipinski definition) is 1. The van der Waals surface area contributed by atoms with Crippen LogP contribution < -0.4 is 10.6 Å². The van der Waals surface area contributed by atoms with E-state index >= 15 is 0 Å². The SMILES string of the molecule is Cc1cc(Br)cc(C)c1NC(=S)NCc1ccccc1Cl. The van der Waals surface area contributed by atoms with Crippen LogP contribution in [0.3, 0.4) is 0 Å². The molecule has 0 aliphatic rings. The number of thiocarbonyl (C=S) groups is 1. The van der Waals surface area contributed by atoms with Crippen molar-refractivity contribution in [2.24, 2.45) is 0 Å². The van der Waals surface area contributed by atoms with E-state index in [1.165, 1.54) is 0 Å². The molecule has 0 amide bonds. The summed E-state index contributed by atoms with van der Waals surface area (Å²) in [5.74, 6) is 0. The van der Waals surface area contributed by atoms with Gasteiger partial charge in [-0.2, -0.15) is 0 Å². The third kappa shape index (κ3) is 4.43. The van der Waals surface area contributed by atoms with Gasteiger partial charge in [-0.15, -0.1) is 0 Å². The van der Waals surface area contributed by atoms with E-state index in [-0.39, 0.29) is 0 Å². The average molecular weight is 384 g/mol. The number of aryl methyl sites for hydroxylation is 2. The van der Waals surface area contributed by atoms with Crippen LogP contribution in [-0.2, 0) is 6.54 Å². The molecule has 0 bridgehead atoms. The lowest BCUT2D eigenvalue weighted by molar-refractivity contribution is 0.925. The first kappa shape index (κ1) is 16.3. The molecule has 2 rings (SSSR count). The smallest absolute Gasteiger partial charge is 0.171 e. The van der Waals surface area contributed by atoms with Crippen molar-refractivity contribution in [3.05, 3.63) is 62.6 Å². The molecular formula is C16H16BrClN2S. The van der Waals surface area contributed by atoms with Gasteiger partial charge in [-0.1, -0.05) is 45.7 Å². The van der Waals surface area contributed by atoms with E-state index < -0.39 is 0 Å². The summed E-state index contributed by atoms with van der Waals surface area (Å²) < 4.78 is 1.07. The van der Waals surface area contributed by atoms with E-state index in [9.17, 15) is 0 Å². The van der Waals surface area contributed by atoms with Gasteiger partial charge in [0.25, 0.3) is 0 Å². The largest absolute Gasteiger partial charge is 0.358 e. The van der Waals surface area contributed by atoms with Crippen molar-refractivity contribution < 1.29 is 0 Å². The van der Waals surface area contributed by atoms with Gasteiger partial charge in [0.2, 0.25) is 0 Å². The third-order valence-electron chi connectivity index (χ3n) is 3.13. The van der Waals surface area contributed by atoms with Crippen LogP contribution in [0.25, 0.3) is 0 Å². The van der Waals surface area contributed by atoms with Crippen molar-refractivity contribution >= 4 is 50.5 Å². The molecule has 0 saturated heterocycles. The number of halogens is 2. The maximum absolute atomic E-state index is 6.13. The van der Waals surface area contributed by atoms with Gasteiger partial charge in [0, 0.05) is 21.7 Å². The standard InChI is InChI=1S/C16H16BrClN2S/c1-10-7-13(17)8-11(2)15(10)20-16(21)19-9-12-5-3-4-6-14(12)18/h3-8H,9H2,1-2H3,(H2,19,20,21). The average Bonchev–Trinajstić information content (AvgIpc) is 2.42. The lowest BCUT2D eigenvalue weighted by Gasteiger charge is -2.15. The molecule has 2 N–H and O–H groups in total. The first-order valence-electron chi connectivity index (χ1n) is 6.52. The Hall–Kier alpha value is -1.10. The zero-order valence-electron chi connectivity index (χ0n) is 11.8. The zero-order chi connectivity index (χ0) is 15.4. The van der Waals surface area contributed by atoms with Gasteiger partial charge in [-0.25, -0.2) is 0 Å². The Bertz CT molecular complexity index is 650. The fourth-order valence-corrected chi connectivity index (χ4v) is 3.15. The Labute approximate surface area is 144 Å². The van der Waals surface area contributed by atoms with E-state index in [0.717, 1.165) is 31.9 Å². The fourth-order valence-electron chi connectivity index (χ4n) is 2.08. The molecule has 21 heavy (non-hydrogen) atoms. The molecule has 0 saturated carbocycles. The van der Waals surface area contributed by atoms with Crippen LogP contribution in [0.4, 0.5) is 5.69 Å². The molecule has 0 fully saturated rings. The molecule has 2 nitrogen and oxygen atoms in total. The van der Waals surface area contributed by atoms with E-state index in [4.69, 9.17) is 23.8 Å². The van der Waals surface area contributed by atoms with Crippen molar-refractivity contribution in [2.45, 2.75) is 20.4 Å². The van der Waals surface area contributed by atoms with Crippen molar-refractivity contribution in [3.63, 3.8) is 0 Å². The number of benzene rings is 2. The van der Waals surface area contributed by atoms with Crippen molar-refractivity contribution in [1.29, 1.82) is 0 Å². The molecule has 0 atom stereocenters. The first-order chi connectivity index (χ1) is 9.97. The summed E-state index contributed by atoms with van der Waals surface area (Å²) in [5.41, 5.74) is 4.34. The second kappa shape index (κ2) is 7.25. The number of hydrogen-bond donors (Lipinski definition) is 2. The molecule has 0 heterocycles. The minimum Gasteiger partial charge on any atom is -0.358 e. The molecule has 110 valence electrons. The topological polar surface area (TPSA) is 24.1 Å². The normalized spacial score (nSPS) is 10.3. The van der Waals surface area contributed by atoms with Crippen molar-refractivity contribution in [2.75, 3.05) is 5.32 Å². The maximum Gasteiger partial charge on any atom is 0.171 e. The van der Waals surface area contributed by atoms with E-state index in [2.05, 4.69) is 52.5 Å². The zero-order valence-corrected chi connectivity index (χ0v) is 15.0. The number of nitrogens with one attached hydrogen (secondary N) is 2. The monoisotopic (exact) mass is 382 g/mol. The highest BCUT2D eigenvalue weighted by Gasteiger charge is 2.06. The quantitative estimate of drug-likeness (QED) is 0.712. The Morgan fingerprint density at radius 2 is 1.81 bits per heavy atom. The molecule has 0 aliphatic carbocycles. The summed E-state index contributed by atoms with van der Waals surface area (Å²) in [6, 6.07) is 11.9. The Morgan fingerprint density at radius 1 is 1.19 bits per heavy atom. The van der Waals surface area contributed by atoms with Crippen LogP contribution in [-0.4, -0.2) is 5.11 Å². The molecule has 0 spiro atoms. The predicted octanol–water partition coefficient (Wildman–Crippen LogP) is 5.21. The van der Waals surface area contributed by atoms with Crippen LogP contribution >= 0.6 is 39.7 Å². The molecule has 2 aromatic rings. The van der Waals surface area contributed by atoms with Crippen molar-refractivity contribution in [1.82, 2.24) is 5.32 Å². The Morgan fingerprint density at radius 3 is 2.43 bits per heavy atom. The summed E-state index contributed by atoms with van der Waals surface area (Å²) in [6.07, 6.45) is 0. The van der Waals surface area contributed by atoms with E-state index in [1.54, 1.807) is 0 Å². The van der Waals surface area contributed by atoms with Gasteiger partial charge in [0.05, 0.1) is 0 Å². The molecular weight excluding hydrogens is 368 g/mol. The minimum atomic E-state index is 0.587. The lowest BCUT2D eigenvalue weighted by Crippen LogP contribution is -2.28. The molecule has 5 heteroatoms. The van der Waals surface area contributed by atoms with Gasteiger partial charge in [0.1, 0.15) is 0 Å². The van der Waals surface area contributed by atoms with Gasteiger partial charge < -0.3 is 10.6 Å². The lowest BCUT2D eigenvalue weighted by atomic mass is 10.1. The van der Waals surface area contributed by atoms with Gasteiger partial charge in [0.15, 0.2) is 5.11 Å².